The molecule has 2 N–H and O–H groups in total. The monoisotopic (exact) mass is 456 g/mol. The molecule has 1 rings (SSSR count). The Labute approximate surface area is 135 Å². The lowest BCUT2D eigenvalue weighted by molar-refractivity contribution is -0.141. The van der Waals surface area contributed by atoms with Crippen LogP contribution in [0.25, 0.3) is 0 Å². The number of rotatable bonds is 3. The number of likely N-dealkylation sites (N-methyl/N-ethyl adjacent to an activating group) is 1. The number of anilines is 1. The summed E-state index contributed by atoms with van der Waals surface area (Å²) < 4.78 is 2.20. The van der Waals surface area contributed by atoms with Gasteiger partial charge in [-0.3, -0.25) is 0 Å². The number of nitrogens with zero attached hydrogens (tertiary/aromatic N) is 1. The summed E-state index contributed by atoms with van der Waals surface area (Å²) in [6, 6.07) is 2.15. The van der Waals surface area contributed by atoms with Crippen LogP contribution in [0.1, 0.15) is 6.92 Å². The molecule has 104 valence electrons. The number of nitrogens with one attached hydrogen (secondary N) is 1. The SMILES string of the molecule is CC(C(=O)O)N(C)C(=O)Nc1c(Br)cc(Br)cc1Br. The van der Waals surface area contributed by atoms with E-state index in [1.54, 1.807) is 12.1 Å². The molecule has 0 aromatic heterocycles. The van der Waals surface area contributed by atoms with E-state index in [-0.39, 0.29) is 0 Å². The summed E-state index contributed by atoms with van der Waals surface area (Å²) in [5.74, 6) is -1.06. The fraction of sp³-hybridized carbons (Fsp3) is 0.273. The number of carboxylic acid groups (broad SMARTS) is 1. The molecule has 0 saturated heterocycles. The van der Waals surface area contributed by atoms with Crippen molar-refractivity contribution >= 4 is 65.5 Å². The zero-order chi connectivity index (χ0) is 14.7. The predicted octanol–water partition coefficient (Wildman–Crippen LogP) is 3.91. The summed E-state index contributed by atoms with van der Waals surface area (Å²) in [6.45, 7) is 1.44. The number of urea groups is 1. The lowest BCUT2D eigenvalue weighted by Crippen LogP contribution is -2.42. The van der Waals surface area contributed by atoms with Gasteiger partial charge in [-0.15, -0.1) is 0 Å². The van der Waals surface area contributed by atoms with Crippen molar-refractivity contribution in [2.75, 3.05) is 12.4 Å². The van der Waals surface area contributed by atoms with Crippen molar-refractivity contribution in [3.8, 4) is 0 Å². The summed E-state index contributed by atoms with van der Waals surface area (Å²) in [4.78, 5) is 23.9. The van der Waals surface area contributed by atoms with Gasteiger partial charge in [-0.05, 0) is 50.9 Å². The maximum atomic E-state index is 11.9. The van der Waals surface area contributed by atoms with Crippen molar-refractivity contribution in [2.45, 2.75) is 13.0 Å². The Kier molecular flexibility index (Phi) is 5.82. The van der Waals surface area contributed by atoms with Gasteiger partial charge >= 0.3 is 12.0 Å². The first-order chi connectivity index (χ1) is 8.73. The molecular formula is C11H11Br3N2O3. The van der Waals surface area contributed by atoms with Crippen molar-refractivity contribution in [1.82, 2.24) is 4.90 Å². The van der Waals surface area contributed by atoms with Crippen LogP contribution in [0.3, 0.4) is 0 Å². The molecule has 0 spiro atoms. The van der Waals surface area contributed by atoms with E-state index in [1.807, 2.05) is 0 Å². The lowest BCUT2D eigenvalue weighted by Gasteiger charge is -2.22. The van der Waals surface area contributed by atoms with Crippen LogP contribution >= 0.6 is 47.8 Å². The number of carboxylic acids is 1. The highest BCUT2D eigenvalue weighted by molar-refractivity contribution is 9.11. The minimum Gasteiger partial charge on any atom is -0.480 e. The molecule has 0 bridgehead atoms. The molecule has 0 aliphatic rings. The molecule has 0 radical (unpaired) electrons. The molecule has 8 heteroatoms. The van der Waals surface area contributed by atoms with E-state index < -0.39 is 18.0 Å². The number of halogens is 3. The fourth-order valence-electron chi connectivity index (χ4n) is 1.20. The molecule has 0 aliphatic heterocycles. The van der Waals surface area contributed by atoms with Gasteiger partial charge < -0.3 is 15.3 Å². The summed E-state index contributed by atoms with van der Waals surface area (Å²) in [5.41, 5.74) is 0.539. The molecule has 0 aliphatic carbocycles. The predicted molar refractivity (Wildman–Crippen MR) is 83.4 cm³/mol. The maximum absolute atomic E-state index is 11.9. The van der Waals surface area contributed by atoms with Gasteiger partial charge in [-0.1, -0.05) is 15.9 Å². The van der Waals surface area contributed by atoms with E-state index in [0.29, 0.717) is 14.6 Å². The van der Waals surface area contributed by atoms with E-state index in [9.17, 15) is 9.59 Å². The summed E-state index contributed by atoms with van der Waals surface area (Å²) in [5, 5.41) is 11.5. The van der Waals surface area contributed by atoms with Crippen LogP contribution < -0.4 is 5.32 Å². The van der Waals surface area contributed by atoms with E-state index in [1.165, 1.54) is 14.0 Å². The van der Waals surface area contributed by atoms with E-state index >= 15 is 0 Å². The summed E-state index contributed by atoms with van der Waals surface area (Å²) in [7, 11) is 1.43. The third kappa shape index (κ3) is 4.19. The molecule has 0 saturated carbocycles. The number of benzene rings is 1. The molecule has 1 aromatic rings. The Morgan fingerprint density at radius 3 is 2.16 bits per heavy atom. The fourth-order valence-corrected chi connectivity index (χ4v) is 3.66. The zero-order valence-electron chi connectivity index (χ0n) is 10.1. The van der Waals surface area contributed by atoms with Crippen molar-refractivity contribution in [3.05, 3.63) is 25.6 Å². The van der Waals surface area contributed by atoms with E-state index in [4.69, 9.17) is 5.11 Å². The maximum Gasteiger partial charge on any atom is 0.326 e. The molecule has 1 aromatic carbocycles. The number of carbonyl (C=O) groups is 2. The smallest absolute Gasteiger partial charge is 0.326 e. The molecule has 19 heavy (non-hydrogen) atoms. The molecule has 1 unspecified atom stereocenters. The normalized spacial score (nSPS) is 11.8. The second-order valence-electron chi connectivity index (χ2n) is 3.80. The van der Waals surface area contributed by atoms with Gasteiger partial charge in [-0.2, -0.15) is 0 Å². The Morgan fingerprint density at radius 2 is 1.74 bits per heavy atom. The van der Waals surface area contributed by atoms with Crippen LogP contribution in [-0.4, -0.2) is 35.1 Å². The second kappa shape index (κ2) is 6.71. The first-order valence-electron chi connectivity index (χ1n) is 5.15. The summed E-state index contributed by atoms with van der Waals surface area (Å²) >= 11 is 9.99. The van der Waals surface area contributed by atoms with Crippen molar-refractivity contribution < 1.29 is 14.7 Å². The van der Waals surface area contributed by atoms with E-state index in [2.05, 4.69) is 53.1 Å². The van der Waals surface area contributed by atoms with E-state index in [0.717, 1.165) is 9.37 Å². The van der Waals surface area contributed by atoms with Gasteiger partial charge in [0.25, 0.3) is 0 Å². The quantitative estimate of drug-likeness (QED) is 0.721. The van der Waals surface area contributed by atoms with Gasteiger partial charge in [0.1, 0.15) is 6.04 Å². The molecule has 0 fully saturated rings. The topological polar surface area (TPSA) is 69.6 Å². The second-order valence-corrected chi connectivity index (χ2v) is 6.42. The van der Waals surface area contributed by atoms with Crippen LogP contribution in [0.5, 0.6) is 0 Å². The third-order valence-corrected chi connectivity index (χ3v) is 4.21. The Bertz CT molecular complexity index is 499. The Balaban J connectivity index is 2.92. The first-order valence-corrected chi connectivity index (χ1v) is 7.53. The Hall–Kier alpha value is -0.600. The molecule has 2 amide bonds. The average Bonchev–Trinajstić information content (AvgIpc) is 2.31. The number of aliphatic carboxylic acids is 1. The lowest BCUT2D eigenvalue weighted by atomic mass is 10.3. The average molecular weight is 459 g/mol. The van der Waals surface area contributed by atoms with Crippen LogP contribution in [0.4, 0.5) is 10.5 Å². The molecular weight excluding hydrogens is 448 g/mol. The highest BCUT2D eigenvalue weighted by Crippen LogP contribution is 2.34. The summed E-state index contributed by atoms with van der Waals surface area (Å²) in [6.07, 6.45) is 0. The minimum absolute atomic E-state index is 0.501. The standard InChI is InChI=1S/C11H11Br3N2O3/c1-5(10(17)18)16(2)11(19)15-9-7(13)3-6(12)4-8(9)14/h3-5H,1-2H3,(H,15,19)(H,17,18). The third-order valence-electron chi connectivity index (χ3n) is 2.50. The van der Waals surface area contributed by atoms with Crippen LogP contribution in [0.2, 0.25) is 0 Å². The van der Waals surface area contributed by atoms with Crippen molar-refractivity contribution in [1.29, 1.82) is 0 Å². The first kappa shape index (κ1) is 16.5. The minimum atomic E-state index is -1.06. The number of amides is 2. The number of carbonyl (C=O) groups excluding carboxylic acids is 1. The molecule has 0 heterocycles. The van der Waals surface area contributed by atoms with Gasteiger partial charge in [0.05, 0.1) is 5.69 Å². The highest BCUT2D eigenvalue weighted by atomic mass is 79.9. The van der Waals surface area contributed by atoms with Crippen molar-refractivity contribution in [2.24, 2.45) is 0 Å². The van der Waals surface area contributed by atoms with Gasteiger partial charge in [0, 0.05) is 20.5 Å². The van der Waals surface area contributed by atoms with Gasteiger partial charge in [0.2, 0.25) is 0 Å². The highest BCUT2D eigenvalue weighted by Gasteiger charge is 2.22. The van der Waals surface area contributed by atoms with Crippen molar-refractivity contribution in [3.63, 3.8) is 0 Å². The van der Waals surface area contributed by atoms with Gasteiger partial charge in [-0.25, -0.2) is 9.59 Å². The largest absolute Gasteiger partial charge is 0.480 e. The zero-order valence-corrected chi connectivity index (χ0v) is 14.8. The van der Waals surface area contributed by atoms with Crippen LogP contribution in [0.15, 0.2) is 25.6 Å². The Morgan fingerprint density at radius 1 is 1.26 bits per heavy atom. The number of hydrogen-bond acceptors (Lipinski definition) is 2. The number of hydrogen-bond donors (Lipinski definition) is 2. The van der Waals surface area contributed by atoms with Crippen LogP contribution in [-0.2, 0) is 4.79 Å². The molecule has 1 atom stereocenters. The molecule has 5 nitrogen and oxygen atoms in total. The van der Waals surface area contributed by atoms with Crippen LogP contribution in [0, 0.1) is 0 Å². The van der Waals surface area contributed by atoms with Gasteiger partial charge in [0.15, 0.2) is 0 Å².